The Morgan fingerprint density at radius 1 is 1.06 bits per heavy atom. The molecule has 1 heterocycles. The van der Waals surface area contributed by atoms with Crippen molar-refractivity contribution in [3.8, 4) is 11.5 Å². The van der Waals surface area contributed by atoms with E-state index in [1.165, 1.54) is 0 Å². The highest BCUT2D eigenvalue weighted by Gasteiger charge is 2.24. The maximum atomic E-state index is 12.9. The summed E-state index contributed by atoms with van der Waals surface area (Å²) >= 11 is 0. The van der Waals surface area contributed by atoms with Gasteiger partial charge in [0.2, 0.25) is 6.79 Å². The number of nitrogens with one attached hydrogen (secondary N) is 2. The lowest BCUT2D eigenvalue weighted by Gasteiger charge is -2.27. The average Bonchev–Trinajstić information content (AvgIpc) is 3.26. The smallest absolute Gasteiger partial charge is 0.409 e. The molecule has 0 fully saturated rings. The molecule has 3 N–H and O–H groups in total. The van der Waals surface area contributed by atoms with Gasteiger partial charge in [-0.2, -0.15) is 0 Å². The van der Waals surface area contributed by atoms with Crippen LogP contribution in [0.4, 0.5) is 9.59 Å². The highest BCUT2D eigenvalue weighted by molar-refractivity contribution is 5.76. The number of nitrogens with zero attached hydrogens (tertiary/aromatic N) is 1. The number of carboxylic acid groups (broad SMARTS) is 1. The van der Waals surface area contributed by atoms with Gasteiger partial charge in [0.1, 0.15) is 6.61 Å². The first-order valence-electron chi connectivity index (χ1n) is 12.7. The molecule has 0 saturated heterocycles. The van der Waals surface area contributed by atoms with Gasteiger partial charge in [0.15, 0.2) is 11.5 Å². The molecular formula is C26H41N3O7. The van der Waals surface area contributed by atoms with Crippen molar-refractivity contribution < 1.29 is 33.7 Å². The summed E-state index contributed by atoms with van der Waals surface area (Å²) in [4.78, 5) is 38.8. The van der Waals surface area contributed by atoms with Gasteiger partial charge in [0.25, 0.3) is 0 Å². The van der Waals surface area contributed by atoms with E-state index in [0.29, 0.717) is 48.4 Å². The zero-order valence-corrected chi connectivity index (χ0v) is 22.0. The van der Waals surface area contributed by atoms with Crippen LogP contribution in [0.3, 0.4) is 0 Å². The number of aliphatic carboxylic acids is 1. The molecular weight excluding hydrogens is 466 g/mol. The summed E-state index contributed by atoms with van der Waals surface area (Å²) < 4.78 is 16.3. The van der Waals surface area contributed by atoms with Crippen molar-refractivity contribution in [1.82, 2.24) is 15.5 Å². The zero-order valence-electron chi connectivity index (χ0n) is 22.0. The van der Waals surface area contributed by atoms with Crippen molar-refractivity contribution in [3.05, 3.63) is 23.8 Å². The van der Waals surface area contributed by atoms with Gasteiger partial charge < -0.3 is 34.9 Å². The van der Waals surface area contributed by atoms with Crippen LogP contribution in [0, 0.1) is 11.8 Å². The number of rotatable bonds is 14. The summed E-state index contributed by atoms with van der Waals surface area (Å²) in [5.41, 5.74) is 0.589. The molecule has 0 aliphatic carbocycles. The van der Waals surface area contributed by atoms with Crippen LogP contribution in [-0.2, 0) is 9.53 Å². The normalized spacial score (nSPS) is 13.9. The number of carbonyl (C=O) groups is 3. The minimum atomic E-state index is -1.05. The molecule has 10 nitrogen and oxygen atoms in total. The fraction of sp³-hybridized carbons (Fsp3) is 0.654. The van der Waals surface area contributed by atoms with Gasteiger partial charge in [0, 0.05) is 13.1 Å². The molecule has 10 heteroatoms. The third-order valence-corrected chi connectivity index (χ3v) is 5.56. The Balaban J connectivity index is 2.03. The fourth-order valence-electron chi connectivity index (χ4n) is 3.96. The molecule has 2 rings (SSSR count). The van der Waals surface area contributed by atoms with E-state index < -0.39 is 30.2 Å². The van der Waals surface area contributed by atoms with Crippen molar-refractivity contribution in [2.24, 2.45) is 11.8 Å². The Bertz CT molecular complexity index is 865. The Kier molecular flexibility index (Phi) is 11.6. The number of hydrogen-bond acceptors (Lipinski definition) is 6. The minimum absolute atomic E-state index is 0.0343. The highest BCUT2D eigenvalue weighted by atomic mass is 16.7. The first kappa shape index (κ1) is 29.1. The van der Waals surface area contributed by atoms with E-state index in [1.54, 1.807) is 23.1 Å². The molecule has 1 aromatic carbocycles. The SMILES string of the molecule is CCCC[C@@H](COC(=O)N(CC(C)C)CC(C)C)NC(=O)N[C@@H](CC(=O)O)c1ccc2c(c1)OCO2. The van der Waals surface area contributed by atoms with Crippen molar-refractivity contribution in [2.75, 3.05) is 26.5 Å². The van der Waals surface area contributed by atoms with Crippen LogP contribution in [-0.4, -0.2) is 60.6 Å². The van der Waals surface area contributed by atoms with Crippen LogP contribution < -0.4 is 20.1 Å². The second kappa shape index (κ2) is 14.4. The maximum absolute atomic E-state index is 12.9. The molecule has 1 aliphatic rings. The molecule has 0 bridgehead atoms. The van der Waals surface area contributed by atoms with E-state index in [-0.39, 0.29) is 19.8 Å². The first-order valence-corrected chi connectivity index (χ1v) is 12.7. The zero-order chi connectivity index (χ0) is 26.7. The van der Waals surface area contributed by atoms with E-state index in [9.17, 15) is 19.5 Å². The predicted octanol–water partition coefficient (Wildman–Crippen LogP) is 4.54. The Labute approximate surface area is 213 Å². The number of ether oxygens (including phenoxy) is 3. The molecule has 36 heavy (non-hydrogen) atoms. The van der Waals surface area contributed by atoms with Crippen LogP contribution >= 0.6 is 0 Å². The lowest BCUT2D eigenvalue weighted by atomic mass is 10.0. The standard InChI is InChI=1S/C26H41N3O7/c1-6-7-8-20(15-34-26(33)29(13-17(2)3)14-18(4)5)27-25(32)28-21(12-24(30)31)19-9-10-22-23(11-19)36-16-35-22/h9-11,17-18,20-21H,6-8,12-16H2,1-5H3,(H,30,31)(H2,27,28,32)/t20-,21-/m0/s1. The second-order valence-electron chi connectivity index (χ2n) is 9.99. The maximum Gasteiger partial charge on any atom is 0.409 e. The Morgan fingerprint density at radius 2 is 1.72 bits per heavy atom. The number of urea groups is 1. The van der Waals surface area contributed by atoms with Crippen molar-refractivity contribution in [2.45, 2.75) is 72.4 Å². The number of unbranched alkanes of at least 4 members (excludes halogenated alkanes) is 1. The van der Waals surface area contributed by atoms with Gasteiger partial charge in [-0.1, -0.05) is 53.5 Å². The number of fused-ring (bicyclic) bond motifs is 1. The summed E-state index contributed by atoms with van der Waals surface area (Å²) in [7, 11) is 0. The van der Waals surface area contributed by atoms with Gasteiger partial charge in [0.05, 0.1) is 18.5 Å². The fourth-order valence-corrected chi connectivity index (χ4v) is 3.96. The number of carbonyl (C=O) groups excluding carboxylic acids is 2. The predicted molar refractivity (Wildman–Crippen MR) is 135 cm³/mol. The van der Waals surface area contributed by atoms with E-state index >= 15 is 0 Å². The second-order valence-corrected chi connectivity index (χ2v) is 9.99. The van der Waals surface area contributed by atoms with E-state index in [0.717, 1.165) is 12.8 Å². The summed E-state index contributed by atoms with van der Waals surface area (Å²) in [5, 5.41) is 15.0. The van der Waals surface area contributed by atoms with Gasteiger partial charge in [-0.15, -0.1) is 0 Å². The van der Waals surface area contributed by atoms with Crippen LogP contribution in [0.1, 0.15) is 71.9 Å². The Morgan fingerprint density at radius 3 is 2.33 bits per heavy atom. The number of carboxylic acids is 1. The number of benzene rings is 1. The van der Waals surface area contributed by atoms with Gasteiger partial charge in [-0.3, -0.25) is 4.79 Å². The third kappa shape index (κ3) is 9.83. The minimum Gasteiger partial charge on any atom is -0.481 e. The molecule has 1 aliphatic heterocycles. The molecule has 2 atom stereocenters. The topological polar surface area (TPSA) is 126 Å². The molecule has 0 aromatic heterocycles. The van der Waals surface area contributed by atoms with E-state index in [4.69, 9.17) is 14.2 Å². The van der Waals surface area contributed by atoms with E-state index in [1.807, 2.05) is 34.6 Å². The highest BCUT2D eigenvalue weighted by Crippen LogP contribution is 2.34. The third-order valence-electron chi connectivity index (χ3n) is 5.56. The van der Waals surface area contributed by atoms with Crippen LogP contribution in [0.15, 0.2) is 18.2 Å². The summed E-state index contributed by atoms with van der Waals surface area (Å²) in [5.74, 6) is 0.634. The lowest BCUT2D eigenvalue weighted by Crippen LogP contribution is -2.47. The summed E-state index contributed by atoms with van der Waals surface area (Å²) in [6.45, 7) is 11.5. The van der Waals surface area contributed by atoms with Crippen LogP contribution in [0.25, 0.3) is 0 Å². The average molecular weight is 508 g/mol. The van der Waals surface area contributed by atoms with Gasteiger partial charge >= 0.3 is 18.1 Å². The summed E-state index contributed by atoms with van der Waals surface area (Å²) in [6, 6.07) is 3.35. The van der Waals surface area contributed by atoms with Gasteiger partial charge in [-0.05, 0) is 36.0 Å². The molecule has 202 valence electrons. The van der Waals surface area contributed by atoms with Crippen molar-refractivity contribution in [3.63, 3.8) is 0 Å². The summed E-state index contributed by atoms with van der Waals surface area (Å²) in [6.07, 6.45) is 1.68. The first-order chi connectivity index (χ1) is 17.1. The largest absolute Gasteiger partial charge is 0.481 e. The van der Waals surface area contributed by atoms with Crippen LogP contribution in [0.2, 0.25) is 0 Å². The number of hydrogen-bond donors (Lipinski definition) is 3. The number of amides is 3. The molecule has 1 aromatic rings. The molecule has 0 unspecified atom stereocenters. The lowest BCUT2D eigenvalue weighted by molar-refractivity contribution is -0.137. The van der Waals surface area contributed by atoms with Crippen LogP contribution in [0.5, 0.6) is 11.5 Å². The Hall–Kier alpha value is -3.17. The molecule has 0 saturated carbocycles. The van der Waals surface area contributed by atoms with Gasteiger partial charge in [-0.25, -0.2) is 9.59 Å². The molecule has 3 amide bonds. The van der Waals surface area contributed by atoms with Crippen molar-refractivity contribution >= 4 is 18.1 Å². The molecule has 0 spiro atoms. The quantitative estimate of drug-likeness (QED) is 0.337. The van der Waals surface area contributed by atoms with Crippen molar-refractivity contribution in [1.29, 1.82) is 0 Å². The molecule has 0 radical (unpaired) electrons. The van der Waals surface area contributed by atoms with E-state index in [2.05, 4.69) is 10.6 Å². The monoisotopic (exact) mass is 507 g/mol.